The topological polar surface area (TPSA) is 60.9 Å². The first-order valence-corrected chi connectivity index (χ1v) is 10.9. The maximum Gasteiger partial charge on any atom is 0.255 e. The van der Waals surface area contributed by atoms with E-state index in [1.165, 1.54) is 5.56 Å². The minimum atomic E-state index is -1.35. The predicted octanol–water partition coefficient (Wildman–Crippen LogP) is 3.04. The smallest absolute Gasteiger partial charge is 0.255 e. The zero-order valence-electron chi connectivity index (χ0n) is 17.5. The maximum absolute atomic E-state index is 13.2. The van der Waals surface area contributed by atoms with Crippen molar-refractivity contribution < 1.29 is 14.7 Å². The molecule has 0 aromatic heterocycles. The second-order valence-corrected chi connectivity index (χ2v) is 8.59. The van der Waals surface area contributed by atoms with E-state index in [4.69, 9.17) is 0 Å². The lowest BCUT2D eigenvalue weighted by molar-refractivity contribution is -0.154. The van der Waals surface area contributed by atoms with Gasteiger partial charge in [0.2, 0.25) is 0 Å². The zero-order valence-corrected chi connectivity index (χ0v) is 17.5. The molecule has 1 aliphatic carbocycles. The summed E-state index contributed by atoms with van der Waals surface area (Å²) < 4.78 is 0. The van der Waals surface area contributed by atoms with Crippen molar-refractivity contribution in [1.29, 1.82) is 0 Å². The molecule has 5 heteroatoms. The van der Waals surface area contributed by atoms with E-state index in [1.54, 1.807) is 4.90 Å². The van der Waals surface area contributed by atoms with E-state index in [2.05, 4.69) is 6.07 Å². The van der Waals surface area contributed by atoms with E-state index in [1.807, 2.05) is 65.6 Å². The molecule has 1 heterocycles. The van der Waals surface area contributed by atoms with Crippen LogP contribution in [-0.2, 0) is 17.6 Å². The number of piperazine rings is 1. The molecule has 5 rings (SSSR count). The molecule has 158 valence electrons. The second kappa shape index (κ2) is 7.82. The molecule has 3 aromatic carbocycles. The number of fused-ring (bicyclic) bond motifs is 2. The molecule has 1 fully saturated rings. The van der Waals surface area contributed by atoms with Crippen molar-refractivity contribution in [2.24, 2.45) is 0 Å². The SMILES string of the molecule is O=C(c1cccc2ccccc12)N1CCN(C(=O)C2(O)CCc3ccccc3C2)CC1. The van der Waals surface area contributed by atoms with Crippen LogP contribution in [0.5, 0.6) is 0 Å². The molecule has 0 bridgehead atoms. The third-order valence-corrected chi connectivity index (χ3v) is 6.68. The molecular weight excluding hydrogens is 388 g/mol. The van der Waals surface area contributed by atoms with Crippen LogP contribution in [0.15, 0.2) is 66.7 Å². The average Bonchev–Trinajstić information content (AvgIpc) is 2.83. The number of amides is 2. The molecule has 0 spiro atoms. The normalized spacial score (nSPS) is 21.1. The summed E-state index contributed by atoms with van der Waals surface area (Å²) in [7, 11) is 0. The quantitative estimate of drug-likeness (QED) is 0.701. The van der Waals surface area contributed by atoms with Crippen LogP contribution in [0.3, 0.4) is 0 Å². The minimum Gasteiger partial charge on any atom is -0.380 e. The summed E-state index contributed by atoms with van der Waals surface area (Å²) in [6, 6.07) is 21.7. The highest BCUT2D eigenvalue weighted by molar-refractivity contribution is 6.07. The lowest BCUT2D eigenvalue weighted by atomic mass is 9.79. The lowest BCUT2D eigenvalue weighted by Crippen LogP contribution is -2.58. The van der Waals surface area contributed by atoms with Gasteiger partial charge in [0, 0.05) is 38.2 Å². The standard InChI is InChI=1S/C26H26N2O3/c29-24(23-11-5-9-20-7-3-4-10-22(20)23)27-14-16-28(17-15-27)25(30)26(31)13-12-19-6-1-2-8-21(19)18-26/h1-11,31H,12-18H2. The molecule has 2 aliphatic rings. The Morgan fingerprint density at radius 1 is 0.774 bits per heavy atom. The number of hydrogen-bond donors (Lipinski definition) is 1. The summed E-state index contributed by atoms with van der Waals surface area (Å²) in [4.78, 5) is 29.9. The summed E-state index contributed by atoms with van der Waals surface area (Å²) in [5.41, 5.74) is 1.61. The van der Waals surface area contributed by atoms with Gasteiger partial charge in [-0.2, -0.15) is 0 Å². The van der Waals surface area contributed by atoms with Gasteiger partial charge in [0.05, 0.1) is 0 Å². The minimum absolute atomic E-state index is 0.00537. The molecule has 31 heavy (non-hydrogen) atoms. The van der Waals surface area contributed by atoms with Crippen LogP contribution in [0, 0.1) is 0 Å². The second-order valence-electron chi connectivity index (χ2n) is 8.59. The molecule has 0 radical (unpaired) electrons. The molecule has 1 atom stereocenters. The molecule has 1 aliphatic heterocycles. The Balaban J connectivity index is 1.27. The zero-order chi connectivity index (χ0) is 21.4. The van der Waals surface area contributed by atoms with Gasteiger partial charge < -0.3 is 14.9 Å². The number of carbonyl (C=O) groups is 2. The van der Waals surface area contributed by atoms with Gasteiger partial charge in [-0.3, -0.25) is 9.59 Å². The van der Waals surface area contributed by atoms with Gasteiger partial charge in [-0.05, 0) is 40.8 Å². The van der Waals surface area contributed by atoms with Gasteiger partial charge in [-0.25, -0.2) is 0 Å². The predicted molar refractivity (Wildman–Crippen MR) is 120 cm³/mol. The van der Waals surface area contributed by atoms with Crippen LogP contribution in [-0.4, -0.2) is 58.5 Å². The first kappa shape index (κ1) is 19.8. The van der Waals surface area contributed by atoms with Crippen LogP contribution in [0.2, 0.25) is 0 Å². The van der Waals surface area contributed by atoms with E-state index in [0.29, 0.717) is 51.0 Å². The van der Waals surface area contributed by atoms with E-state index >= 15 is 0 Å². The van der Waals surface area contributed by atoms with Crippen LogP contribution in [0.4, 0.5) is 0 Å². The van der Waals surface area contributed by atoms with E-state index in [-0.39, 0.29) is 11.8 Å². The Kier molecular flexibility index (Phi) is 4.98. The van der Waals surface area contributed by atoms with Gasteiger partial charge in [-0.15, -0.1) is 0 Å². The largest absolute Gasteiger partial charge is 0.380 e. The number of aryl methyl sites for hydroxylation is 1. The Labute approximate surface area is 181 Å². The summed E-state index contributed by atoms with van der Waals surface area (Å²) in [5, 5.41) is 13.1. The number of rotatable bonds is 2. The Bertz CT molecular complexity index is 1140. The molecule has 1 saturated heterocycles. The fourth-order valence-electron chi connectivity index (χ4n) is 4.89. The third-order valence-electron chi connectivity index (χ3n) is 6.68. The number of aliphatic hydroxyl groups is 1. The van der Waals surface area contributed by atoms with E-state index in [0.717, 1.165) is 16.3 Å². The highest BCUT2D eigenvalue weighted by Gasteiger charge is 2.42. The Morgan fingerprint density at radius 2 is 1.42 bits per heavy atom. The van der Waals surface area contributed by atoms with Crippen LogP contribution >= 0.6 is 0 Å². The van der Waals surface area contributed by atoms with Gasteiger partial charge in [0.25, 0.3) is 11.8 Å². The van der Waals surface area contributed by atoms with Crippen molar-refractivity contribution in [3.8, 4) is 0 Å². The van der Waals surface area contributed by atoms with Gasteiger partial charge in [-0.1, -0.05) is 60.7 Å². The number of hydrogen-bond acceptors (Lipinski definition) is 3. The summed E-state index contributed by atoms with van der Waals surface area (Å²) in [6.45, 7) is 1.83. The molecule has 0 saturated carbocycles. The van der Waals surface area contributed by atoms with Crippen LogP contribution in [0.25, 0.3) is 10.8 Å². The molecule has 1 unspecified atom stereocenters. The fourth-order valence-corrected chi connectivity index (χ4v) is 4.89. The number of carbonyl (C=O) groups excluding carboxylic acids is 2. The van der Waals surface area contributed by atoms with Crippen molar-refractivity contribution in [2.45, 2.75) is 24.9 Å². The summed E-state index contributed by atoms with van der Waals surface area (Å²) in [6.07, 6.45) is 1.51. The Morgan fingerprint density at radius 3 is 2.23 bits per heavy atom. The number of benzene rings is 3. The molecule has 1 N–H and O–H groups in total. The van der Waals surface area contributed by atoms with Gasteiger partial charge in [0.15, 0.2) is 0 Å². The molecule has 5 nitrogen and oxygen atoms in total. The monoisotopic (exact) mass is 414 g/mol. The molecule has 2 amide bonds. The van der Waals surface area contributed by atoms with Crippen molar-refractivity contribution in [1.82, 2.24) is 9.80 Å². The molecule has 3 aromatic rings. The highest BCUT2D eigenvalue weighted by Crippen LogP contribution is 2.31. The van der Waals surface area contributed by atoms with Gasteiger partial charge >= 0.3 is 0 Å². The van der Waals surface area contributed by atoms with E-state index in [9.17, 15) is 14.7 Å². The first-order chi connectivity index (χ1) is 15.0. The average molecular weight is 415 g/mol. The Hall–Kier alpha value is -3.18. The van der Waals surface area contributed by atoms with Crippen molar-refractivity contribution >= 4 is 22.6 Å². The van der Waals surface area contributed by atoms with Crippen molar-refractivity contribution in [3.05, 3.63) is 83.4 Å². The highest BCUT2D eigenvalue weighted by atomic mass is 16.3. The first-order valence-electron chi connectivity index (χ1n) is 10.9. The number of nitrogens with zero attached hydrogens (tertiary/aromatic N) is 2. The lowest BCUT2D eigenvalue weighted by Gasteiger charge is -2.40. The summed E-state index contributed by atoms with van der Waals surface area (Å²) >= 11 is 0. The molecular formula is C26H26N2O3. The van der Waals surface area contributed by atoms with Crippen LogP contribution in [0.1, 0.15) is 27.9 Å². The summed E-state index contributed by atoms with van der Waals surface area (Å²) in [5.74, 6) is -0.214. The maximum atomic E-state index is 13.2. The van der Waals surface area contributed by atoms with Gasteiger partial charge in [0.1, 0.15) is 5.60 Å². The van der Waals surface area contributed by atoms with E-state index < -0.39 is 5.60 Å². The fraction of sp³-hybridized carbons (Fsp3) is 0.308. The van der Waals surface area contributed by atoms with Crippen molar-refractivity contribution in [3.63, 3.8) is 0 Å². The third kappa shape index (κ3) is 3.59. The van der Waals surface area contributed by atoms with Crippen molar-refractivity contribution in [2.75, 3.05) is 26.2 Å². The van der Waals surface area contributed by atoms with Crippen LogP contribution < -0.4 is 0 Å².